The summed E-state index contributed by atoms with van der Waals surface area (Å²) in [7, 11) is 1.74. The summed E-state index contributed by atoms with van der Waals surface area (Å²) in [5.74, 6) is 0.467. The fourth-order valence-electron chi connectivity index (χ4n) is 6.94. The van der Waals surface area contributed by atoms with Crippen molar-refractivity contribution < 1.29 is 19.2 Å². The Labute approximate surface area is 291 Å². The smallest absolute Gasteiger partial charge is 0.434 e. The van der Waals surface area contributed by atoms with E-state index in [0.717, 1.165) is 64.0 Å². The monoisotopic (exact) mass is 676 g/mol. The molecule has 0 unspecified atom stereocenters. The van der Waals surface area contributed by atoms with Gasteiger partial charge in [0.2, 0.25) is 0 Å². The second kappa shape index (κ2) is 17.4. The summed E-state index contributed by atoms with van der Waals surface area (Å²) in [5, 5.41) is 4.74. The van der Waals surface area contributed by atoms with Crippen LogP contribution in [0.25, 0.3) is 10.1 Å². The van der Waals surface area contributed by atoms with Crippen LogP contribution in [-0.2, 0) is 15.0 Å². The van der Waals surface area contributed by atoms with Gasteiger partial charge in [-0.3, -0.25) is 9.69 Å². The molecule has 2 aliphatic heterocycles. The van der Waals surface area contributed by atoms with Crippen molar-refractivity contribution in [3.8, 4) is 5.75 Å². The Morgan fingerprint density at radius 2 is 1.65 bits per heavy atom. The summed E-state index contributed by atoms with van der Waals surface area (Å²) in [6.07, 6.45) is 11.4. The topological polar surface area (TPSA) is 65.6 Å². The van der Waals surface area contributed by atoms with E-state index < -0.39 is 6.09 Å². The molecule has 8 nitrogen and oxygen atoms in total. The molecule has 48 heavy (non-hydrogen) atoms. The van der Waals surface area contributed by atoms with Crippen LogP contribution in [0.1, 0.15) is 97.0 Å². The molecule has 262 valence electrons. The third kappa shape index (κ3) is 9.44. The number of amides is 2. The number of carbonyl (C=O) groups is 2. The molecule has 2 amide bonds. The van der Waals surface area contributed by atoms with Gasteiger partial charge >= 0.3 is 6.09 Å². The van der Waals surface area contributed by atoms with Crippen LogP contribution in [0, 0.1) is 0 Å². The average Bonchev–Trinajstić information content (AvgIpc) is 3.57. The van der Waals surface area contributed by atoms with E-state index in [4.69, 9.17) is 9.57 Å². The van der Waals surface area contributed by atoms with Gasteiger partial charge in [0, 0.05) is 73.4 Å². The van der Waals surface area contributed by atoms with Crippen molar-refractivity contribution in [1.29, 1.82) is 0 Å². The lowest BCUT2D eigenvalue weighted by atomic mass is 9.78. The minimum absolute atomic E-state index is 0.217. The van der Waals surface area contributed by atoms with Crippen LogP contribution >= 0.6 is 11.3 Å². The number of hydrogen-bond donors (Lipinski definition) is 0. The molecular weight excluding hydrogens is 621 g/mol. The molecule has 0 bridgehead atoms. The fourth-order valence-corrected chi connectivity index (χ4v) is 7.74. The van der Waals surface area contributed by atoms with Gasteiger partial charge < -0.3 is 19.4 Å². The van der Waals surface area contributed by atoms with Crippen LogP contribution in [0.5, 0.6) is 5.75 Å². The van der Waals surface area contributed by atoms with Crippen molar-refractivity contribution in [3.63, 3.8) is 0 Å². The van der Waals surface area contributed by atoms with Gasteiger partial charge in [-0.25, -0.2) is 4.79 Å². The first-order chi connectivity index (χ1) is 23.3. The lowest BCUT2D eigenvalue weighted by Crippen LogP contribution is -2.46. The molecule has 0 aliphatic carbocycles. The average molecular weight is 677 g/mol. The maximum Gasteiger partial charge on any atom is 0.434 e. The second-order valence-corrected chi connectivity index (χ2v) is 15.1. The van der Waals surface area contributed by atoms with Crippen LogP contribution in [0.15, 0.2) is 47.8 Å². The molecule has 3 aromatic rings. The Morgan fingerprint density at radius 3 is 2.42 bits per heavy atom. The van der Waals surface area contributed by atoms with Gasteiger partial charge in [0.15, 0.2) is 0 Å². The van der Waals surface area contributed by atoms with Gasteiger partial charge in [-0.05, 0) is 61.0 Å². The van der Waals surface area contributed by atoms with Crippen LogP contribution in [0.2, 0.25) is 0 Å². The molecule has 0 N–H and O–H groups in total. The minimum Gasteiger partial charge on any atom is -0.494 e. The number of anilines is 2. The van der Waals surface area contributed by atoms with Gasteiger partial charge in [-0.2, -0.15) is 0 Å². The quantitative estimate of drug-likeness (QED) is 0.133. The van der Waals surface area contributed by atoms with E-state index in [1.807, 2.05) is 29.5 Å². The van der Waals surface area contributed by atoms with E-state index >= 15 is 0 Å². The van der Waals surface area contributed by atoms with Crippen LogP contribution < -0.4 is 14.7 Å². The number of rotatable bonds is 17. The normalized spacial score (nSPS) is 16.3. The summed E-state index contributed by atoms with van der Waals surface area (Å²) in [5.41, 5.74) is 2.56. The molecule has 0 spiro atoms. The molecule has 0 radical (unpaired) electrons. The van der Waals surface area contributed by atoms with Crippen molar-refractivity contribution in [1.82, 2.24) is 9.80 Å². The van der Waals surface area contributed by atoms with Crippen molar-refractivity contribution >= 4 is 44.8 Å². The molecule has 0 atom stereocenters. The molecule has 2 aromatic carbocycles. The fraction of sp³-hybridized carbons (Fsp3) is 0.590. The first-order valence-corrected chi connectivity index (χ1v) is 19.1. The first kappa shape index (κ1) is 36.0. The summed E-state index contributed by atoms with van der Waals surface area (Å²) < 4.78 is 7.52. The van der Waals surface area contributed by atoms with Crippen molar-refractivity contribution in [2.45, 2.75) is 96.8 Å². The summed E-state index contributed by atoms with van der Waals surface area (Å²) in [6.45, 7) is 12.8. The van der Waals surface area contributed by atoms with E-state index in [9.17, 15) is 9.59 Å². The molecule has 2 aliphatic rings. The zero-order valence-corrected chi connectivity index (χ0v) is 30.5. The summed E-state index contributed by atoms with van der Waals surface area (Å²) in [4.78, 5) is 38.6. The van der Waals surface area contributed by atoms with Gasteiger partial charge in [0.25, 0.3) is 5.91 Å². The lowest BCUT2D eigenvalue weighted by molar-refractivity contribution is -0.126. The van der Waals surface area contributed by atoms with E-state index in [2.05, 4.69) is 60.2 Å². The van der Waals surface area contributed by atoms with Crippen molar-refractivity contribution in [3.05, 3.63) is 53.4 Å². The zero-order chi connectivity index (χ0) is 33.9. The Balaban J connectivity index is 1.06. The van der Waals surface area contributed by atoms with Gasteiger partial charge in [-0.15, -0.1) is 16.4 Å². The van der Waals surface area contributed by atoms with Crippen molar-refractivity contribution in [2.75, 3.05) is 62.9 Å². The number of piperazine rings is 1. The maximum atomic E-state index is 13.2. The number of benzene rings is 2. The number of unbranched alkanes of at least 4 members (excludes halogenated alkanes) is 8. The van der Waals surface area contributed by atoms with Crippen LogP contribution in [-0.4, -0.2) is 74.7 Å². The lowest BCUT2D eigenvalue weighted by Gasteiger charge is -2.37. The number of carbonyl (C=O) groups excluding carboxylic acids is 2. The Hall–Kier alpha value is -3.30. The van der Waals surface area contributed by atoms with E-state index in [0.29, 0.717) is 24.6 Å². The van der Waals surface area contributed by atoms with E-state index in [1.165, 1.54) is 59.4 Å². The molecule has 9 heteroatoms. The third-order valence-electron chi connectivity index (χ3n) is 9.89. The number of thiophene rings is 1. The third-order valence-corrected chi connectivity index (χ3v) is 10.8. The Bertz CT molecular complexity index is 1480. The Kier molecular flexibility index (Phi) is 13.0. The molecule has 1 saturated heterocycles. The zero-order valence-electron chi connectivity index (χ0n) is 29.7. The summed E-state index contributed by atoms with van der Waals surface area (Å²) >= 11 is 1.81. The predicted octanol–water partition coefficient (Wildman–Crippen LogP) is 9.02. The number of ether oxygens (including phenoxy) is 1. The van der Waals surface area contributed by atoms with E-state index in [1.54, 1.807) is 11.9 Å². The number of hydrogen-bond acceptors (Lipinski definition) is 7. The SMILES string of the molecule is CCCCCCCCCCN(C)C(=O)ON1C(=O)CC(C)(C)c2ccc(OCCCCN3CCN(c4cccc5sccc45)CC3)cc21. The Morgan fingerprint density at radius 1 is 0.896 bits per heavy atom. The highest BCUT2D eigenvalue weighted by atomic mass is 32.1. The molecule has 0 saturated carbocycles. The highest BCUT2D eigenvalue weighted by Gasteiger charge is 2.39. The minimum atomic E-state index is -0.507. The highest BCUT2D eigenvalue weighted by molar-refractivity contribution is 7.17. The number of hydroxylamine groups is 1. The standard InChI is InChI=1S/C39H56N4O4S/c1-5-6-7-8-9-10-11-12-21-40(4)38(45)47-43-35-29-31(18-19-33(35)39(2,3)30-37(43)44)46-27-14-13-22-41-23-25-42(26-24-41)34-16-15-17-36-32(34)20-28-48-36/h15-20,28-29H,5-14,21-27,30H2,1-4H3. The molecule has 5 rings (SSSR count). The van der Waals surface area contributed by atoms with Crippen LogP contribution in [0.4, 0.5) is 16.2 Å². The molecule has 3 heterocycles. The van der Waals surface area contributed by atoms with Gasteiger partial charge in [-0.1, -0.05) is 77.8 Å². The van der Waals surface area contributed by atoms with Gasteiger partial charge in [0.05, 0.1) is 12.3 Å². The van der Waals surface area contributed by atoms with Crippen molar-refractivity contribution in [2.24, 2.45) is 0 Å². The number of nitrogens with zero attached hydrogens (tertiary/aromatic N) is 4. The summed E-state index contributed by atoms with van der Waals surface area (Å²) in [6, 6.07) is 14.7. The highest BCUT2D eigenvalue weighted by Crippen LogP contribution is 2.42. The van der Waals surface area contributed by atoms with E-state index in [-0.39, 0.29) is 17.7 Å². The molecular formula is C39H56N4O4S. The van der Waals surface area contributed by atoms with Gasteiger partial charge in [0.1, 0.15) is 5.75 Å². The second-order valence-electron chi connectivity index (χ2n) is 14.2. The molecule has 1 aromatic heterocycles. The first-order valence-electron chi connectivity index (χ1n) is 18.2. The predicted molar refractivity (Wildman–Crippen MR) is 198 cm³/mol. The molecule has 1 fully saturated rings. The van der Waals surface area contributed by atoms with Crippen LogP contribution in [0.3, 0.4) is 0 Å². The maximum absolute atomic E-state index is 13.2. The number of fused-ring (bicyclic) bond motifs is 2. The largest absolute Gasteiger partial charge is 0.494 e.